The van der Waals surface area contributed by atoms with Gasteiger partial charge in [-0.3, -0.25) is 24.0 Å². The normalized spacial score (nSPS) is 42.5. The van der Waals surface area contributed by atoms with Crippen molar-refractivity contribution in [1.82, 2.24) is 0 Å². The molecule has 5 aliphatic rings. The van der Waals surface area contributed by atoms with Gasteiger partial charge in [-0.2, -0.15) is 0 Å². The van der Waals surface area contributed by atoms with Gasteiger partial charge < -0.3 is 33.5 Å². The van der Waals surface area contributed by atoms with Crippen molar-refractivity contribution in [3.63, 3.8) is 0 Å². The first-order valence-electron chi connectivity index (χ1n) is 17.2. The molecule has 1 aromatic carbocycles. The quantitative estimate of drug-likeness (QED) is 0.325. The molecule has 0 spiro atoms. The molecule has 13 heteroatoms. The van der Waals surface area contributed by atoms with Crippen molar-refractivity contribution >= 4 is 35.6 Å². The minimum atomic E-state index is -2.08. The number of carbonyl (C=O) groups is 6. The molecule has 0 unspecified atom stereocenters. The van der Waals surface area contributed by atoms with Crippen molar-refractivity contribution in [2.24, 2.45) is 40.9 Å². The van der Waals surface area contributed by atoms with E-state index in [1.807, 2.05) is 0 Å². The summed E-state index contributed by atoms with van der Waals surface area (Å²) in [6.07, 6.45) is -5.38. The molecule has 2 bridgehead atoms. The minimum Gasteiger partial charge on any atom is -0.462 e. The molecule has 1 aromatic rings. The van der Waals surface area contributed by atoms with Gasteiger partial charge in [-0.25, -0.2) is 4.79 Å². The molecule has 13 atom stereocenters. The van der Waals surface area contributed by atoms with Gasteiger partial charge in [-0.1, -0.05) is 39.0 Å². The van der Waals surface area contributed by atoms with Crippen molar-refractivity contribution in [3.8, 4) is 0 Å². The third-order valence-electron chi connectivity index (χ3n) is 11.9. The Bertz CT molecular complexity index is 1610. The molecule has 1 saturated heterocycles. The molecule has 272 valence electrons. The summed E-state index contributed by atoms with van der Waals surface area (Å²) in [6, 6.07) is 8.16. The highest BCUT2D eigenvalue weighted by molar-refractivity contribution is 5.95. The molecular weight excluding hydrogens is 652 g/mol. The first kappa shape index (κ1) is 36.0. The zero-order valence-corrected chi connectivity index (χ0v) is 29.6. The van der Waals surface area contributed by atoms with E-state index < -0.39 is 118 Å². The largest absolute Gasteiger partial charge is 0.462 e. The highest BCUT2D eigenvalue weighted by atomic mass is 16.6. The van der Waals surface area contributed by atoms with Crippen LogP contribution in [-0.2, 0) is 52.4 Å². The topological polar surface area (TPSA) is 178 Å². The fraction of sp³-hybridized carbons (Fsp3) is 0.676. The van der Waals surface area contributed by atoms with Crippen LogP contribution < -0.4 is 0 Å². The van der Waals surface area contributed by atoms with E-state index in [1.165, 1.54) is 13.8 Å². The van der Waals surface area contributed by atoms with Crippen LogP contribution in [0.3, 0.4) is 0 Å². The Labute approximate surface area is 290 Å². The SMILES string of the molecule is CC(=O)O[C@H]1[C@H]2[C@H](OC(C)=O)[C@]34CO[C@@](C)([C@H]3[C@H]3[C@H](C[C@@]3(C)OC(C)=O)[C@H](OC(=O)C(C)C)C4=O)[C@@H](OC(=O)c3ccccc3)[C@]2(O)C[C@H]1C. The Kier molecular flexibility index (Phi) is 8.74. The predicted molar refractivity (Wildman–Crippen MR) is 171 cm³/mol. The van der Waals surface area contributed by atoms with Crippen LogP contribution in [-0.4, -0.2) is 88.6 Å². The molecule has 1 N–H and O–H groups in total. The molecule has 0 radical (unpaired) electrons. The van der Waals surface area contributed by atoms with E-state index in [2.05, 4.69) is 0 Å². The predicted octanol–water partition coefficient (Wildman–Crippen LogP) is 2.98. The van der Waals surface area contributed by atoms with Crippen LogP contribution in [0.2, 0.25) is 0 Å². The third-order valence-corrected chi connectivity index (χ3v) is 11.9. The van der Waals surface area contributed by atoms with E-state index in [-0.39, 0.29) is 25.0 Å². The van der Waals surface area contributed by atoms with Crippen LogP contribution in [0, 0.1) is 40.9 Å². The first-order chi connectivity index (χ1) is 23.3. The monoisotopic (exact) mass is 698 g/mol. The summed E-state index contributed by atoms with van der Waals surface area (Å²) in [7, 11) is 0. The number of hydrogen-bond acceptors (Lipinski definition) is 13. The Balaban J connectivity index is 1.63. The third kappa shape index (κ3) is 5.17. The Hall–Kier alpha value is -3.84. The average molecular weight is 699 g/mol. The number of ketones is 1. The zero-order valence-electron chi connectivity index (χ0n) is 29.6. The summed E-state index contributed by atoms with van der Waals surface area (Å²) in [4.78, 5) is 80.6. The van der Waals surface area contributed by atoms with Crippen LogP contribution >= 0.6 is 0 Å². The number of hydrogen-bond donors (Lipinski definition) is 1. The Morgan fingerprint density at radius 3 is 2.10 bits per heavy atom. The second-order valence-electron chi connectivity index (χ2n) is 15.6. The van der Waals surface area contributed by atoms with Gasteiger partial charge in [0.05, 0.1) is 29.4 Å². The molecule has 5 fully saturated rings. The fourth-order valence-electron chi connectivity index (χ4n) is 10.4. The van der Waals surface area contributed by atoms with Gasteiger partial charge >= 0.3 is 29.8 Å². The highest BCUT2D eigenvalue weighted by Gasteiger charge is 2.86. The number of carbonyl (C=O) groups excluding carboxylic acids is 6. The van der Waals surface area contributed by atoms with E-state index >= 15 is 4.79 Å². The maximum atomic E-state index is 15.3. The summed E-state index contributed by atoms with van der Waals surface area (Å²) in [5.41, 5.74) is -6.60. The lowest BCUT2D eigenvalue weighted by Gasteiger charge is -2.64. The van der Waals surface area contributed by atoms with Crippen molar-refractivity contribution in [2.45, 2.75) is 109 Å². The number of aliphatic hydroxyl groups is 1. The van der Waals surface area contributed by atoms with Gasteiger partial charge in [0, 0.05) is 38.5 Å². The van der Waals surface area contributed by atoms with E-state index in [1.54, 1.807) is 65.0 Å². The summed E-state index contributed by atoms with van der Waals surface area (Å²) < 4.78 is 36.9. The number of esters is 5. The molecule has 50 heavy (non-hydrogen) atoms. The molecule has 13 nitrogen and oxygen atoms in total. The second kappa shape index (κ2) is 12.1. The molecule has 4 saturated carbocycles. The smallest absolute Gasteiger partial charge is 0.338 e. The number of benzene rings is 1. The Morgan fingerprint density at radius 1 is 0.880 bits per heavy atom. The Morgan fingerprint density at radius 2 is 1.52 bits per heavy atom. The van der Waals surface area contributed by atoms with Crippen molar-refractivity contribution < 1.29 is 62.3 Å². The van der Waals surface area contributed by atoms with E-state index in [4.69, 9.17) is 28.4 Å². The van der Waals surface area contributed by atoms with Gasteiger partial charge in [-0.05, 0) is 44.7 Å². The maximum absolute atomic E-state index is 15.3. The summed E-state index contributed by atoms with van der Waals surface area (Å²) in [5.74, 6) is -8.91. The zero-order chi connectivity index (χ0) is 36.7. The van der Waals surface area contributed by atoms with Gasteiger partial charge in [0.15, 0.2) is 18.0 Å². The lowest BCUT2D eigenvalue weighted by Crippen LogP contribution is -2.75. The van der Waals surface area contributed by atoms with Crippen LogP contribution in [0.1, 0.15) is 78.6 Å². The summed E-state index contributed by atoms with van der Waals surface area (Å²) in [5, 5.41) is 13.1. The van der Waals surface area contributed by atoms with Crippen LogP contribution in [0.5, 0.6) is 0 Å². The maximum Gasteiger partial charge on any atom is 0.338 e. The van der Waals surface area contributed by atoms with Crippen molar-refractivity contribution in [3.05, 3.63) is 35.9 Å². The van der Waals surface area contributed by atoms with E-state index in [0.717, 1.165) is 6.92 Å². The molecule has 1 heterocycles. The van der Waals surface area contributed by atoms with Crippen LogP contribution in [0.15, 0.2) is 30.3 Å². The number of ether oxygens (including phenoxy) is 6. The highest BCUT2D eigenvalue weighted by Crippen LogP contribution is 2.72. The minimum absolute atomic E-state index is 0.0862. The molecular formula is C37H46O13. The number of rotatable bonds is 7. The average Bonchev–Trinajstić information content (AvgIpc) is 3.44. The summed E-state index contributed by atoms with van der Waals surface area (Å²) in [6.45, 7) is 11.6. The van der Waals surface area contributed by atoms with Gasteiger partial charge in [0.2, 0.25) is 0 Å². The molecule has 0 amide bonds. The van der Waals surface area contributed by atoms with Crippen molar-refractivity contribution in [2.75, 3.05) is 6.61 Å². The lowest BCUT2D eigenvalue weighted by molar-refractivity contribution is -0.258. The van der Waals surface area contributed by atoms with E-state index in [0.29, 0.717) is 0 Å². The van der Waals surface area contributed by atoms with Crippen molar-refractivity contribution in [1.29, 1.82) is 0 Å². The van der Waals surface area contributed by atoms with Crippen LogP contribution in [0.4, 0.5) is 0 Å². The first-order valence-corrected chi connectivity index (χ1v) is 17.2. The molecule has 1 aliphatic heterocycles. The summed E-state index contributed by atoms with van der Waals surface area (Å²) >= 11 is 0. The number of Topliss-reactive ketones (excluding diaryl/α,β-unsaturated/α-hetero) is 1. The van der Waals surface area contributed by atoms with Gasteiger partial charge in [0.25, 0.3) is 0 Å². The molecule has 0 aromatic heterocycles. The fourth-order valence-corrected chi connectivity index (χ4v) is 10.4. The molecule has 4 aliphatic carbocycles. The van der Waals surface area contributed by atoms with Crippen LogP contribution in [0.25, 0.3) is 0 Å². The lowest BCUT2D eigenvalue weighted by atomic mass is 9.42. The molecule has 6 rings (SSSR count). The standard InChI is InChI=1S/C37H46O13/c1-17(2)31(42)48-27-23-15-34(7,50-21(6)40)24(23)28-35(8)33(49-32(43)22-12-10-9-11-13-22)37(44)14-18(3)26(46-19(4)38)25(37)30(47-20(5)39)36(28,16-45-35)29(27)41/h9-13,17-18,23-28,30,33,44H,14-16H2,1-8H3/t18-,23+,24-,25+,26-,27+,28-,30+,33-,34-,35+,36-,37+/m1/s1. The second-order valence-corrected chi connectivity index (χ2v) is 15.6. The van der Waals surface area contributed by atoms with Gasteiger partial charge in [0.1, 0.15) is 29.0 Å². The number of fused-ring (bicyclic) bond motifs is 2. The van der Waals surface area contributed by atoms with E-state index in [9.17, 15) is 29.1 Å². The van der Waals surface area contributed by atoms with Gasteiger partial charge in [-0.15, -0.1) is 0 Å².